The van der Waals surface area contributed by atoms with Crippen LogP contribution >= 0.6 is 0 Å². The molecule has 0 bridgehead atoms. The van der Waals surface area contributed by atoms with Crippen molar-refractivity contribution in [1.29, 1.82) is 0 Å². The molecule has 1 heterocycles. The standard InChI is InChI=1S/C58H107NO11/c1-5-9-13-17-23-31-39-50(40-32-24-18-14-10-6-2)68-55(62)43-35-27-21-29-37-47-66-49-52(57(70-58(64)65)59-53(60)45-46-54(59)61)67-48-38-30-22-28-36-44-56(63)69-51(41-33-25-19-15-11-7-3)42-34-26-20-16-12-8-4/h50-52,57H,5-49H2,1-4H3,(H,64,65). The molecule has 0 aromatic heterocycles. The van der Waals surface area contributed by atoms with Crippen molar-refractivity contribution >= 4 is 29.9 Å². The number of carboxylic acid groups (broad SMARTS) is 1. The fourth-order valence-electron chi connectivity index (χ4n) is 9.45. The summed E-state index contributed by atoms with van der Waals surface area (Å²) in [6.45, 7) is 9.56. The lowest BCUT2D eigenvalue weighted by Crippen LogP contribution is -2.51. The Morgan fingerprint density at radius 1 is 0.443 bits per heavy atom. The van der Waals surface area contributed by atoms with Crippen LogP contribution in [0.4, 0.5) is 4.79 Å². The van der Waals surface area contributed by atoms with Crippen LogP contribution in [0.2, 0.25) is 0 Å². The molecule has 0 aliphatic carbocycles. The second-order valence-corrected chi connectivity index (χ2v) is 20.4. The highest BCUT2D eigenvalue weighted by molar-refractivity contribution is 6.02. The molecule has 12 heteroatoms. The van der Waals surface area contributed by atoms with Crippen LogP contribution in [0.3, 0.4) is 0 Å². The molecule has 2 amide bonds. The van der Waals surface area contributed by atoms with Gasteiger partial charge in [0, 0.05) is 38.9 Å². The smallest absolute Gasteiger partial charge is 0.462 e. The molecule has 1 N–H and O–H groups in total. The molecule has 1 saturated heterocycles. The predicted octanol–water partition coefficient (Wildman–Crippen LogP) is 16.1. The summed E-state index contributed by atoms with van der Waals surface area (Å²) >= 11 is 0. The van der Waals surface area contributed by atoms with E-state index in [0.29, 0.717) is 25.9 Å². The van der Waals surface area contributed by atoms with E-state index in [-0.39, 0.29) is 50.2 Å². The number of ether oxygens (including phenoxy) is 5. The number of carbonyl (C=O) groups is 5. The first kappa shape index (κ1) is 65.3. The number of nitrogens with zero attached hydrogens (tertiary/aromatic N) is 1. The van der Waals surface area contributed by atoms with Crippen LogP contribution in [-0.2, 0) is 42.9 Å². The molecule has 2 unspecified atom stereocenters. The van der Waals surface area contributed by atoms with Gasteiger partial charge in [0.25, 0.3) is 0 Å². The summed E-state index contributed by atoms with van der Waals surface area (Å²) in [5.41, 5.74) is 0. The summed E-state index contributed by atoms with van der Waals surface area (Å²) < 4.78 is 29.3. The van der Waals surface area contributed by atoms with E-state index in [1.54, 1.807) is 0 Å². The highest BCUT2D eigenvalue weighted by Crippen LogP contribution is 2.23. The lowest BCUT2D eigenvalue weighted by Gasteiger charge is -2.31. The minimum Gasteiger partial charge on any atom is -0.462 e. The molecule has 1 aliphatic rings. The quantitative estimate of drug-likeness (QED) is 0.0268. The summed E-state index contributed by atoms with van der Waals surface area (Å²) in [7, 11) is 0. The third-order valence-electron chi connectivity index (χ3n) is 13.8. The zero-order chi connectivity index (χ0) is 51.1. The highest BCUT2D eigenvalue weighted by atomic mass is 16.7. The van der Waals surface area contributed by atoms with Crippen LogP contribution in [0, 0.1) is 0 Å². The fraction of sp³-hybridized carbons (Fsp3) is 0.914. The molecular formula is C58H107NO11. The largest absolute Gasteiger partial charge is 0.507 e. The Balaban J connectivity index is 2.52. The van der Waals surface area contributed by atoms with Gasteiger partial charge in [0.05, 0.1) is 6.61 Å². The van der Waals surface area contributed by atoms with Gasteiger partial charge >= 0.3 is 18.1 Å². The highest BCUT2D eigenvalue weighted by Gasteiger charge is 2.42. The minimum absolute atomic E-state index is 0.00493. The molecule has 0 spiro atoms. The van der Waals surface area contributed by atoms with E-state index in [1.807, 2.05) is 0 Å². The number of rotatable bonds is 52. The van der Waals surface area contributed by atoms with E-state index in [4.69, 9.17) is 23.7 Å². The van der Waals surface area contributed by atoms with Gasteiger partial charge < -0.3 is 28.8 Å². The van der Waals surface area contributed by atoms with Gasteiger partial charge in [-0.05, 0) is 77.0 Å². The van der Waals surface area contributed by atoms with Crippen LogP contribution in [0.1, 0.15) is 297 Å². The second-order valence-electron chi connectivity index (χ2n) is 20.4. The molecule has 410 valence electrons. The molecule has 1 fully saturated rings. The van der Waals surface area contributed by atoms with Gasteiger partial charge in [-0.15, -0.1) is 0 Å². The average molecular weight is 994 g/mol. The number of hydrogen-bond acceptors (Lipinski definition) is 10. The van der Waals surface area contributed by atoms with Crippen LogP contribution in [0.25, 0.3) is 0 Å². The number of likely N-dealkylation sites (tertiary alicyclic amines) is 1. The van der Waals surface area contributed by atoms with E-state index in [0.717, 1.165) is 114 Å². The molecule has 70 heavy (non-hydrogen) atoms. The molecule has 0 aromatic rings. The van der Waals surface area contributed by atoms with Crippen molar-refractivity contribution in [2.75, 3.05) is 19.8 Å². The zero-order valence-corrected chi connectivity index (χ0v) is 45.6. The first-order valence-corrected chi connectivity index (χ1v) is 29.5. The molecule has 0 aromatic carbocycles. The van der Waals surface area contributed by atoms with E-state index in [2.05, 4.69) is 27.7 Å². The van der Waals surface area contributed by atoms with Crippen molar-refractivity contribution in [3.63, 3.8) is 0 Å². The third-order valence-corrected chi connectivity index (χ3v) is 13.8. The Morgan fingerprint density at radius 2 is 0.771 bits per heavy atom. The molecule has 2 atom stereocenters. The molecule has 12 nitrogen and oxygen atoms in total. The van der Waals surface area contributed by atoms with Gasteiger partial charge in [-0.1, -0.05) is 195 Å². The van der Waals surface area contributed by atoms with Crippen molar-refractivity contribution in [2.45, 2.75) is 322 Å². The van der Waals surface area contributed by atoms with E-state index >= 15 is 0 Å². The topological polar surface area (TPSA) is 155 Å². The number of amides is 2. The Bertz CT molecular complexity index is 1230. The maximum atomic E-state index is 12.9. The molecule has 1 aliphatic heterocycles. The number of imide groups is 1. The summed E-state index contributed by atoms with van der Waals surface area (Å²) in [5, 5.41) is 9.59. The summed E-state index contributed by atoms with van der Waals surface area (Å²) in [6, 6.07) is 0. The van der Waals surface area contributed by atoms with Gasteiger partial charge in [-0.2, -0.15) is 0 Å². The monoisotopic (exact) mass is 994 g/mol. The Hall–Kier alpha value is -2.73. The van der Waals surface area contributed by atoms with E-state index in [9.17, 15) is 29.1 Å². The SMILES string of the molecule is CCCCCCCCC(CCCCCCCC)OC(=O)CCCCCCCOCC(OCCCCCCCC(=O)OC(CCCCCCCC)CCCCCCCC)C(OC(=O)O)N1C(=O)CCC1=O. The zero-order valence-electron chi connectivity index (χ0n) is 45.6. The van der Waals surface area contributed by atoms with Crippen LogP contribution in [-0.4, -0.2) is 84.3 Å². The van der Waals surface area contributed by atoms with E-state index in [1.165, 1.54) is 128 Å². The fourth-order valence-corrected chi connectivity index (χ4v) is 9.45. The Morgan fingerprint density at radius 3 is 1.14 bits per heavy atom. The average Bonchev–Trinajstić information content (AvgIpc) is 3.67. The Labute approximate surface area is 427 Å². The number of carbonyl (C=O) groups excluding carboxylic acids is 4. The van der Waals surface area contributed by atoms with Crippen molar-refractivity contribution in [1.82, 2.24) is 4.90 Å². The van der Waals surface area contributed by atoms with Gasteiger partial charge in [0.2, 0.25) is 18.0 Å². The maximum absolute atomic E-state index is 12.9. The summed E-state index contributed by atoms with van der Waals surface area (Å²) in [5.74, 6) is -1.16. The second kappa shape index (κ2) is 47.3. The lowest BCUT2D eigenvalue weighted by atomic mass is 10.0. The summed E-state index contributed by atoms with van der Waals surface area (Å²) in [6.07, 6.45) is 38.6. The van der Waals surface area contributed by atoms with Gasteiger partial charge in [-0.25, -0.2) is 9.69 Å². The molecule has 0 saturated carbocycles. The van der Waals surface area contributed by atoms with Crippen LogP contribution < -0.4 is 0 Å². The third kappa shape index (κ3) is 37.1. The van der Waals surface area contributed by atoms with Crippen molar-refractivity contribution in [3.8, 4) is 0 Å². The normalized spacial score (nSPS) is 13.7. The molecule has 1 rings (SSSR count). The van der Waals surface area contributed by atoms with Crippen molar-refractivity contribution in [3.05, 3.63) is 0 Å². The maximum Gasteiger partial charge on any atom is 0.507 e. The predicted molar refractivity (Wildman–Crippen MR) is 282 cm³/mol. The van der Waals surface area contributed by atoms with Gasteiger partial charge in [0.15, 0.2) is 0 Å². The van der Waals surface area contributed by atoms with Crippen molar-refractivity contribution < 1.29 is 52.8 Å². The van der Waals surface area contributed by atoms with Crippen molar-refractivity contribution in [2.24, 2.45) is 0 Å². The van der Waals surface area contributed by atoms with Gasteiger partial charge in [0.1, 0.15) is 18.3 Å². The van der Waals surface area contributed by atoms with Crippen LogP contribution in [0.5, 0.6) is 0 Å². The molecule has 0 radical (unpaired) electrons. The number of hydrogen-bond donors (Lipinski definition) is 1. The summed E-state index contributed by atoms with van der Waals surface area (Å²) in [4.78, 5) is 63.8. The minimum atomic E-state index is -1.60. The number of esters is 2. The van der Waals surface area contributed by atoms with Crippen LogP contribution in [0.15, 0.2) is 0 Å². The number of unbranched alkanes of at least 4 members (excludes halogenated alkanes) is 28. The lowest BCUT2D eigenvalue weighted by molar-refractivity contribution is -0.170. The van der Waals surface area contributed by atoms with E-state index < -0.39 is 30.3 Å². The van der Waals surface area contributed by atoms with Gasteiger partial charge in [-0.3, -0.25) is 19.2 Å². The first-order chi connectivity index (χ1) is 34.2. The molecular weight excluding hydrogens is 887 g/mol. The Kier molecular flexibility index (Phi) is 44.1. The first-order valence-electron chi connectivity index (χ1n) is 29.5.